The van der Waals surface area contributed by atoms with Gasteiger partial charge in [0.15, 0.2) is 0 Å². The summed E-state index contributed by atoms with van der Waals surface area (Å²) in [6, 6.07) is 0. The van der Waals surface area contributed by atoms with Crippen LogP contribution in [0.3, 0.4) is 0 Å². The monoisotopic (exact) mass is 340 g/mol. The van der Waals surface area contributed by atoms with Gasteiger partial charge in [0, 0.05) is 6.92 Å². The first-order chi connectivity index (χ1) is 11.2. The summed E-state index contributed by atoms with van der Waals surface area (Å²) in [5, 5.41) is 20.1. The van der Waals surface area contributed by atoms with E-state index >= 15 is 0 Å². The smallest absolute Gasteiger partial charge is 0.334 e. The van der Waals surface area contributed by atoms with Crippen LogP contribution in [0, 0.1) is 23.7 Å². The lowest BCUT2D eigenvalue weighted by molar-refractivity contribution is -0.145. The summed E-state index contributed by atoms with van der Waals surface area (Å²) in [5.74, 6) is -3.31. The van der Waals surface area contributed by atoms with Crippen LogP contribution >= 0.6 is 0 Å². The lowest BCUT2D eigenvalue weighted by atomic mass is 9.62. The summed E-state index contributed by atoms with van der Waals surface area (Å²) in [7, 11) is 0. The molecule has 2 aliphatic rings. The quantitative estimate of drug-likeness (QED) is 0.570. The zero-order valence-electron chi connectivity index (χ0n) is 14.2. The Morgan fingerprint density at radius 2 is 2.12 bits per heavy atom. The first-order valence-corrected chi connectivity index (χ1v) is 8.12. The normalized spacial score (nSPS) is 33.1. The van der Waals surface area contributed by atoms with Crippen LogP contribution in [0.2, 0.25) is 0 Å². The number of carboxylic acids is 1. The topological polar surface area (TPSA) is 110 Å². The van der Waals surface area contributed by atoms with Crippen LogP contribution in [0.15, 0.2) is 11.6 Å². The maximum atomic E-state index is 12.2. The van der Waals surface area contributed by atoms with E-state index in [4.69, 9.17) is 9.47 Å². The van der Waals surface area contributed by atoms with E-state index in [1.54, 1.807) is 0 Å². The number of carbonyl (C=O) groups is 3. The standard InChI is InChI=1S/C17H24O7/c1-9(2)12-4-5-17(22)8-24-16(21)14(17)13(12)6-11(15(19)20)7-23-10(3)18/h6,9,12-14,22H,4-5,7-8H2,1-3H3,(H,19,20)/b11-6+/t12-,13-,14-,17-/m1/s1. The third-order valence-corrected chi connectivity index (χ3v) is 5.04. The molecule has 0 aromatic carbocycles. The Balaban J connectivity index is 2.38. The molecule has 0 spiro atoms. The Kier molecular flexibility index (Phi) is 5.32. The predicted molar refractivity (Wildman–Crippen MR) is 82.8 cm³/mol. The van der Waals surface area contributed by atoms with Crippen molar-refractivity contribution in [1.82, 2.24) is 0 Å². The molecule has 0 aromatic heterocycles. The molecule has 1 saturated heterocycles. The fourth-order valence-electron chi connectivity index (χ4n) is 3.78. The molecule has 24 heavy (non-hydrogen) atoms. The average Bonchev–Trinajstić information content (AvgIpc) is 2.78. The van der Waals surface area contributed by atoms with Crippen LogP contribution in [-0.2, 0) is 23.9 Å². The number of cyclic esters (lactones) is 1. The van der Waals surface area contributed by atoms with Gasteiger partial charge in [-0.3, -0.25) is 9.59 Å². The van der Waals surface area contributed by atoms with Gasteiger partial charge in [-0.15, -0.1) is 0 Å². The number of aliphatic carboxylic acids is 1. The Labute approximate surface area is 140 Å². The summed E-state index contributed by atoms with van der Waals surface area (Å²) in [6.07, 6.45) is 2.59. The molecule has 0 aromatic rings. The molecule has 0 unspecified atom stereocenters. The minimum atomic E-state index is -1.26. The van der Waals surface area contributed by atoms with E-state index in [-0.39, 0.29) is 30.6 Å². The minimum absolute atomic E-state index is 0.0348. The van der Waals surface area contributed by atoms with Crippen molar-refractivity contribution in [3.05, 3.63) is 11.6 Å². The summed E-state index contributed by atoms with van der Waals surface area (Å²) in [4.78, 5) is 34.6. The maximum absolute atomic E-state index is 12.2. The van der Waals surface area contributed by atoms with Gasteiger partial charge in [0.2, 0.25) is 0 Å². The molecular weight excluding hydrogens is 316 g/mol. The molecule has 1 saturated carbocycles. The van der Waals surface area contributed by atoms with E-state index in [9.17, 15) is 24.6 Å². The number of esters is 2. The fraction of sp³-hybridized carbons (Fsp3) is 0.706. The predicted octanol–water partition coefficient (Wildman–Crippen LogP) is 1.15. The molecular formula is C17H24O7. The van der Waals surface area contributed by atoms with Crippen molar-refractivity contribution in [3.8, 4) is 0 Å². The largest absolute Gasteiger partial charge is 0.478 e. The lowest BCUT2D eigenvalue weighted by Gasteiger charge is -2.42. The van der Waals surface area contributed by atoms with Gasteiger partial charge in [-0.25, -0.2) is 4.79 Å². The zero-order chi connectivity index (χ0) is 18.1. The minimum Gasteiger partial charge on any atom is -0.478 e. The number of allylic oxidation sites excluding steroid dienone is 1. The number of carbonyl (C=O) groups excluding carboxylic acids is 2. The first-order valence-electron chi connectivity index (χ1n) is 8.12. The van der Waals surface area contributed by atoms with Crippen LogP contribution in [-0.4, -0.2) is 46.9 Å². The van der Waals surface area contributed by atoms with Gasteiger partial charge in [-0.1, -0.05) is 19.9 Å². The molecule has 7 nitrogen and oxygen atoms in total. The highest BCUT2D eigenvalue weighted by atomic mass is 16.6. The van der Waals surface area contributed by atoms with Crippen molar-refractivity contribution in [1.29, 1.82) is 0 Å². The highest BCUT2D eigenvalue weighted by molar-refractivity contribution is 5.87. The second-order valence-corrected chi connectivity index (χ2v) is 6.99. The van der Waals surface area contributed by atoms with E-state index in [0.717, 1.165) is 0 Å². The van der Waals surface area contributed by atoms with E-state index in [1.165, 1.54) is 13.0 Å². The van der Waals surface area contributed by atoms with Crippen LogP contribution in [0.25, 0.3) is 0 Å². The zero-order valence-corrected chi connectivity index (χ0v) is 14.2. The van der Waals surface area contributed by atoms with E-state index < -0.39 is 35.3 Å². The molecule has 1 heterocycles. The third kappa shape index (κ3) is 3.61. The van der Waals surface area contributed by atoms with Gasteiger partial charge in [-0.05, 0) is 30.6 Å². The number of fused-ring (bicyclic) bond motifs is 1. The molecule has 0 radical (unpaired) electrons. The van der Waals surface area contributed by atoms with Gasteiger partial charge in [-0.2, -0.15) is 0 Å². The maximum Gasteiger partial charge on any atom is 0.334 e. The number of rotatable bonds is 5. The number of ether oxygens (including phenoxy) is 2. The molecule has 0 amide bonds. The van der Waals surface area contributed by atoms with Crippen LogP contribution < -0.4 is 0 Å². The van der Waals surface area contributed by atoms with Crippen molar-refractivity contribution in [3.63, 3.8) is 0 Å². The summed E-state index contributed by atoms with van der Waals surface area (Å²) in [5.41, 5.74) is -1.35. The van der Waals surface area contributed by atoms with Crippen molar-refractivity contribution in [2.75, 3.05) is 13.2 Å². The molecule has 2 rings (SSSR count). The van der Waals surface area contributed by atoms with Crippen molar-refractivity contribution in [2.24, 2.45) is 23.7 Å². The molecule has 0 bridgehead atoms. The summed E-state index contributed by atoms with van der Waals surface area (Å²) < 4.78 is 9.85. The Morgan fingerprint density at radius 3 is 2.67 bits per heavy atom. The van der Waals surface area contributed by atoms with E-state index in [1.807, 2.05) is 13.8 Å². The molecule has 4 atom stereocenters. The molecule has 2 N–H and O–H groups in total. The second kappa shape index (κ2) is 6.93. The molecule has 7 heteroatoms. The molecule has 2 fully saturated rings. The highest BCUT2D eigenvalue weighted by Gasteiger charge is 2.57. The second-order valence-electron chi connectivity index (χ2n) is 6.99. The van der Waals surface area contributed by atoms with Crippen LogP contribution in [0.1, 0.15) is 33.6 Å². The third-order valence-electron chi connectivity index (χ3n) is 5.04. The number of carboxylic acid groups (broad SMARTS) is 1. The summed E-state index contributed by atoms with van der Waals surface area (Å²) in [6.45, 7) is 4.78. The average molecular weight is 340 g/mol. The van der Waals surface area contributed by atoms with Crippen LogP contribution in [0.5, 0.6) is 0 Å². The Hall–Kier alpha value is -1.89. The summed E-state index contributed by atoms with van der Waals surface area (Å²) >= 11 is 0. The SMILES string of the molecule is CC(=O)OC/C(=C\[C@@H]1[C@@H](C(C)C)CC[C@@]2(O)COC(=O)[C@@H]12)C(=O)O. The molecule has 1 aliphatic heterocycles. The Morgan fingerprint density at radius 1 is 1.46 bits per heavy atom. The number of aliphatic hydroxyl groups is 1. The van der Waals surface area contributed by atoms with Gasteiger partial charge >= 0.3 is 17.9 Å². The highest BCUT2D eigenvalue weighted by Crippen LogP contribution is 2.48. The van der Waals surface area contributed by atoms with Crippen molar-refractivity contribution in [2.45, 2.75) is 39.2 Å². The first kappa shape index (κ1) is 18.4. The fourth-order valence-corrected chi connectivity index (χ4v) is 3.78. The lowest BCUT2D eigenvalue weighted by Crippen LogP contribution is -2.49. The Bertz CT molecular complexity index is 565. The van der Waals surface area contributed by atoms with E-state index in [0.29, 0.717) is 12.8 Å². The van der Waals surface area contributed by atoms with Crippen molar-refractivity contribution >= 4 is 17.9 Å². The van der Waals surface area contributed by atoms with Crippen molar-refractivity contribution < 1.29 is 34.1 Å². The van der Waals surface area contributed by atoms with Gasteiger partial charge in [0.05, 0.1) is 11.5 Å². The molecule has 134 valence electrons. The number of hydrogen-bond donors (Lipinski definition) is 2. The number of hydrogen-bond acceptors (Lipinski definition) is 6. The van der Waals surface area contributed by atoms with Gasteiger partial charge in [0.25, 0.3) is 0 Å². The van der Waals surface area contributed by atoms with Gasteiger partial charge in [0.1, 0.15) is 18.8 Å². The van der Waals surface area contributed by atoms with Crippen LogP contribution in [0.4, 0.5) is 0 Å². The van der Waals surface area contributed by atoms with E-state index in [2.05, 4.69) is 0 Å². The van der Waals surface area contributed by atoms with Gasteiger partial charge < -0.3 is 19.7 Å². The molecule has 1 aliphatic carbocycles.